The van der Waals surface area contributed by atoms with Crippen LogP contribution >= 0.6 is 47.2 Å². The number of carbonyl (C=O) groups is 1. The van der Waals surface area contributed by atoms with Crippen LogP contribution in [0.4, 0.5) is 5.69 Å². The van der Waals surface area contributed by atoms with Gasteiger partial charge < -0.3 is 4.42 Å². The molecule has 0 spiro atoms. The van der Waals surface area contributed by atoms with Gasteiger partial charge in [-0.05, 0) is 42.5 Å². The molecule has 2 aromatic carbocycles. The minimum absolute atomic E-state index is 0.201. The number of rotatable bonds is 3. The molecule has 0 bridgehead atoms. The van der Waals surface area contributed by atoms with Crippen molar-refractivity contribution in [1.29, 1.82) is 0 Å². The molecule has 2 heterocycles. The van der Waals surface area contributed by atoms with Crippen LogP contribution in [0.1, 0.15) is 5.76 Å². The number of furan rings is 1. The van der Waals surface area contributed by atoms with Crippen molar-refractivity contribution in [2.45, 2.75) is 0 Å². The molecule has 7 heteroatoms. The summed E-state index contributed by atoms with van der Waals surface area (Å²) in [5, 5.41) is 1.18. The van der Waals surface area contributed by atoms with Crippen LogP contribution < -0.4 is 4.90 Å². The zero-order valence-corrected chi connectivity index (χ0v) is 16.8. The molecule has 1 saturated heterocycles. The van der Waals surface area contributed by atoms with Gasteiger partial charge in [-0.2, -0.15) is 0 Å². The van der Waals surface area contributed by atoms with Crippen molar-refractivity contribution in [3.63, 3.8) is 0 Å². The number of amides is 1. The number of halogens is 2. The number of hydrogen-bond donors (Lipinski definition) is 0. The fraction of sp³-hybridized carbons (Fsp3) is 0. The second-order valence-electron chi connectivity index (χ2n) is 5.71. The molecule has 4 rings (SSSR count). The summed E-state index contributed by atoms with van der Waals surface area (Å²) < 4.78 is 6.30. The van der Waals surface area contributed by atoms with Gasteiger partial charge in [0.15, 0.2) is 4.32 Å². The third-order valence-corrected chi connectivity index (χ3v) is 5.64. The van der Waals surface area contributed by atoms with Gasteiger partial charge in [0.05, 0.1) is 10.6 Å². The lowest BCUT2D eigenvalue weighted by atomic mass is 10.2. The van der Waals surface area contributed by atoms with E-state index >= 15 is 0 Å². The first-order chi connectivity index (χ1) is 13.0. The van der Waals surface area contributed by atoms with Crippen molar-refractivity contribution in [3.8, 4) is 11.3 Å². The van der Waals surface area contributed by atoms with Crippen molar-refractivity contribution in [3.05, 3.63) is 81.4 Å². The molecular formula is C20H11Cl2NO2S2. The fourth-order valence-corrected chi connectivity index (χ4v) is 4.32. The first-order valence-electron chi connectivity index (χ1n) is 7.90. The lowest BCUT2D eigenvalue weighted by Gasteiger charge is -2.14. The standard InChI is InChI=1S/C20H11Cl2NO2S2/c21-13-4-1-3-12(9-13)17-8-7-16(25-17)11-18-19(24)23(20(26)27-18)15-6-2-5-14(22)10-15/h1-11H/b18-11-. The highest BCUT2D eigenvalue weighted by Crippen LogP contribution is 2.37. The van der Waals surface area contributed by atoms with Crippen molar-refractivity contribution in [2.75, 3.05) is 4.90 Å². The van der Waals surface area contributed by atoms with Gasteiger partial charge in [-0.1, -0.05) is 65.4 Å². The zero-order chi connectivity index (χ0) is 19.0. The highest BCUT2D eigenvalue weighted by atomic mass is 35.5. The van der Waals surface area contributed by atoms with Crippen molar-refractivity contribution in [2.24, 2.45) is 0 Å². The zero-order valence-electron chi connectivity index (χ0n) is 13.7. The van der Waals surface area contributed by atoms with E-state index in [1.807, 2.05) is 30.3 Å². The molecule has 1 aromatic heterocycles. The molecular weight excluding hydrogens is 421 g/mol. The summed E-state index contributed by atoms with van der Waals surface area (Å²) in [6, 6.07) is 18.1. The Labute approximate surface area is 175 Å². The Morgan fingerprint density at radius 3 is 2.48 bits per heavy atom. The molecule has 1 amide bonds. The van der Waals surface area contributed by atoms with Crippen LogP contribution in [-0.2, 0) is 4.79 Å². The summed E-state index contributed by atoms with van der Waals surface area (Å²) in [6.07, 6.45) is 1.69. The van der Waals surface area contributed by atoms with Crippen LogP contribution in [0.15, 0.2) is 70.0 Å². The molecule has 1 fully saturated rings. The maximum absolute atomic E-state index is 12.8. The minimum atomic E-state index is -0.201. The van der Waals surface area contributed by atoms with Crippen molar-refractivity contribution >= 4 is 69.2 Å². The molecule has 3 aromatic rings. The second kappa shape index (κ2) is 7.52. The Balaban J connectivity index is 1.62. The van der Waals surface area contributed by atoms with E-state index in [0.717, 1.165) is 5.56 Å². The van der Waals surface area contributed by atoms with Crippen LogP contribution in [0.2, 0.25) is 10.0 Å². The van der Waals surface area contributed by atoms with E-state index in [-0.39, 0.29) is 5.91 Å². The maximum atomic E-state index is 12.8. The number of benzene rings is 2. The minimum Gasteiger partial charge on any atom is -0.457 e. The lowest BCUT2D eigenvalue weighted by molar-refractivity contribution is -0.113. The Morgan fingerprint density at radius 2 is 1.74 bits per heavy atom. The molecule has 0 N–H and O–H groups in total. The molecule has 134 valence electrons. The average molecular weight is 432 g/mol. The summed E-state index contributed by atoms with van der Waals surface area (Å²) in [6.45, 7) is 0. The van der Waals surface area contributed by atoms with Gasteiger partial charge in [0.2, 0.25) is 0 Å². The largest absolute Gasteiger partial charge is 0.457 e. The summed E-state index contributed by atoms with van der Waals surface area (Å²) in [4.78, 5) is 14.8. The van der Waals surface area contributed by atoms with E-state index in [9.17, 15) is 4.79 Å². The number of nitrogens with zero attached hydrogens (tertiary/aromatic N) is 1. The molecule has 27 heavy (non-hydrogen) atoms. The Hall–Kier alpha value is -2.05. The molecule has 0 unspecified atom stereocenters. The van der Waals surface area contributed by atoms with Crippen LogP contribution in [0.25, 0.3) is 17.4 Å². The first kappa shape index (κ1) is 18.3. The van der Waals surface area contributed by atoms with E-state index in [1.54, 1.807) is 36.4 Å². The fourth-order valence-electron chi connectivity index (χ4n) is 2.66. The van der Waals surface area contributed by atoms with Crippen molar-refractivity contribution in [1.82, 2.24) is 0 Å². The highest BCUT2D eigenvalue weighted by Gasteiger charge is 2.33. The predicted octanol–water partition coefficient (Wildman–Crippen LogP) is 6.66. The van der Waals surface area contributed by atoms with E-state index in [2.05, 4.69) is 0 Å². The normalized spacial score (nSPS) is 15.8. The molecule has 0 saturated carbocycles. The topological polar surface area (TPSA) is 33.5 Å². The Morgan fingerprint density at radius 1 is 1.00 bits per heavy atom. The van der Waals surface area contributed by atoms with Gasteiger partial charge >= 0.3 is 0 Å². The van der Waals surface area contributed by atoms with Crippen LogP contribution in [0.3, 0.4) is 0 Å². The summed E-state index contributed by atoms with van der Waals surface area (Å²) in [7, 11) is 0. The van der Waals surface area contributed by atoms with Crippen LogP contribution in [0.5, 0.6) is 0 Å². The summed E-state index contributed by atoms with van der Waals surface area (Å²) >= 11 is 18.7. The SMILES string of the molecule is O=C1/C(=C/c2ccc(-c3cccc(Cl)c3)o2)SC(=S)N1c1cccc(Cl)c1. The number of hydrogen-bond acceptors (Lipinski definition) is 4. The molecule has 1 aliphatic rings. The van der Waals surface area contributed by atoms with Crippen molar-refractivity contribution < 1.29 is 9.21 Å². The Kier molecular flexibility index (Phi) is 5.10. The van der Waals surface area contributed by atoms with Gasteiger partial charge in [0.1, 0.15) is 11.5 Å². The highest BCUT2D eigenvalue weighted by molar-refractivity contribution is 8.27. The molecule has 1 aliphatic heterocycles. The maximum Gasteiger partial charge on any atom is 0.270 e. The molecule has 0 radical (unpaired) electrons. The third-order valence-electron chi connectivity index (χ3n) is 3.87. The number of thioether (sulfide) groups is 1. The Bertz CT molecular complexity index is 1090. The monoisotopic (exact) mass is 431 g/mol. The number of anilines is 1. The van der Waals surface area contributed by atoms with E-state index < -0.39 is 0 Å². The summed E-state index contributed by atoms with van der Waals surface area (Å²) in [5.41, 5.74) is 1.51. The third kappa shape index (κ3) is 3.82. The van der Waals surface area contributed by atoms with Gasteiger partial charge in [0.25, 0.3) is 5.91 Å². The average Bonchev–Trinajstić information content (AvgIpc) is 3.20. The van der Waals surface area contributed by atoms with E-state index in [1.165, 1.54) is 16.7 Å². The van der Waals surface area contributed by atoms with Crippen LogP contribution in [-0.4, -0.2) is 10.2 Å². The lowest BCUT2D eigenvalue weighted by Crippen LogP contribution is -2.27. The van der Waals surface area contributed by atoms with Gasteiger partial charge in [-0.15, -0.1) is 0 Å². The first-order valence-corrected chi connectivity index (χ1v) is 9.88. The van der Waals surface area contributed by atoms with Gasteiger partial charge in [-0.25, -0.2) is 0 Å². The van der Waals surface area contributed by atoms with Crippen LogP contribution in [0, 0.1) is 0 Å². The molecule has 0 aliphatic carbocycles. The van der Waals surface area contributed by atoms with E-state index in [0.29, 0.717) is 36.5 Å². The number of thiocarbonyl (C=S) groups is 1. The van der Waals surface area contributed by atoms with E-state index in [4.69, 9.17) is 39.8 Å². The van der Waals surface area contributed by atoms with Gasteiger partial charge in [-0.3, -0.25) is 9.69 Å². The predicted molar refractivity (Wildman–Crippen MR) is 116 cm³/mol. The van der Waals surface area contributed by atoms with Gasteiger partial charge in [0, 0.05) is 21.7 Å². The smallest absolute Gasteiger partial charge is 0.270 e. The number of carbonyl (C=O) groups excluding carboxylic acids is 1. The summed E-state index contributed by atoms with van der Waals surface area (Å²) in [5.74, 6) is 1.04. The quantitative estimate of drug-likeness (QED) is 0.342. The molecule has 0 atom stereocenters. The molecule has 3 nitrogen and oxygen atoms in total. The second-order valence-corrected chi connectivity index (χ2v) is 8.26.